The van der Waals surface area contributed by atoms with Crippen molar-refractivity contribution in [2.75, 3.05) is 7.11 Å². The van der Waals surface area contributed by atoms with Crippen LogP contribution >= 0.6 is 0 Å². The van der Waals surface area contributed by atoms with Crippen LogP contribution in [0.5, 0.6) is 0 Å². The van der Waals surface area contributed by atoms with E-state index in [1.165, 1.54) is 0 Å². The van der Waals surface area contributed by atoms with Gasteiger partial charge in [-0.3, -0.25) is 0 Å². The molecular formula is C11H13F3O. The molecule has 0 heterocycles. The van der Waals surface area contributed by atoms with Crippen molar-refractivity contribution in [3.05, 3.63) is 35.4 Å². The Labute approximate surface area is 86.9 Å². The number of hydrogen-bond donors (Lipinski definition) is 0. The number of benzene rings is 1. The molecule has 0 aliphatic carbocycles. The lowest BCUT2D eigenvalue weighted by atomic mass is 10.1. The monoisotopic (exact) mass is 218 g/mol. The van der Waals surface area contributed by atoms with Crippen molar-refractivity contribution in [2.45, 2.75) is 25.6 Å². The molecule has 84 valence electrons. The standard InChI is InChI=1S/C11H13F3O/c1-8-3-5-9(6-4-8)7-10(15-2)11(12,13)14/h3-6,10H,7H2,1-2H3. The summed E-state index contributed by atoms with van der Waals surface area (Å²) in [4.78, 5) is 0. The molecule has 1 rings (SSSR count). The maximum Gasteiger partial charge on any atom is 0.414 e. The third-order valence-corrected chi connectivity index (χ3v) is 2.19. The highest BCUT2D eigenvalue weighted by atomic mass is 19.4. The highest BCUT2D eigenvalue weighted by Crippen LogP contribution is 2.25. The van der Waals surface area contributed by atoms with Crippen molar-refractivity contribution < 1.29 is 17.9 Å². The van der Waals surface area contributed by atoms with Gasteiger partial charge in [0.15, 0.2) is 6.10 Å². The van der Waals surface area contributed by atoms with Crippen LogP contribution in [0.25, 0.3) is 0 Å². The maximum atomic E-state index is 12.4. The first-order valence-corrected chi connectivity index (χ1v) is 4.58. The molecular weight excluding hydrogens is 205 g/mol. The van der Waals surface area contributed by atoms with Gasteiger partial charge in [0.1, 0.15) is 0 Å². The molecule has 0 bridgehead atoms. The van der Waals surface area contributed by atoms with Gasteiger partial charge >= 0.3 is 6.18 Å². The minimum Gasteiger partial charge on any atom is -0.372 e. The van der Waals surface area contributed by atoms with Gasteiger partial charge in [0.25, 0.3) is 0 Å². The minimum atomic E-state index is -4.31. The van der Waals surface area contributed by atoms with Gasteiger partial charge in [0.05, 0.1) is 0 Å². The number of alkyl halides is 3. The molecule has 0 aliphatic rings. The van der Waals surface area contributed by atoms with Crippen molar-refractivity contribution >= 4 is 0 Å². The second kappa shape index (κ2) is 4.66. The SMILES string of the molecule is COC(Cc1ccc(C)cc1)C(F)(F)F. The predicted molar refractivity (Wildman–Crippen MR) is 51.7 cm³/mol. The van der Waals surface area contributed by atoms with Gasteiger partial charge in [-0.25, -0.2) is 0 Å². The molecule has 0 aromatic heterocycles. The largest absolute Gasteiger partial charge is 0.414 e. The van der Waals surface area contributed by atoms with Crippen molar-refractivity contribution in [1.29, 1.82) is 0 Å². The van der Waals surface area contributed by atoms with Crippen LogP contribution in [0.3, 0.4) is 0 Å². The van der Waals surface area contributed by atoms with Crippen LogP contribution in [-0.2, 0) is 11.2 Å². The van der Waals surface area contributed by atoms with Crippen LogP contribution in [0.1, 0.15) is 11.1 Å². The molecule has 0 saturated carbocycles. The van der Waals surface area contributed by atoms with Crippen molar-refractivity contribution in [2.24, 2.45) is 0 Å². The summed E-state index contributed by atoms with van der Waals surface area (Å²) in [5.41, 5.74) is 1.66. The average molecular weight is 218 g/mol. The van der Waals surface area contributed by atoms with Gasteiger partial charge in [0, 0.05) is 13.5 Å². The van der Waals surface area contributed by atoms with E-state index < -0.39 is 12.3 Å². The van der Waals surface area contributed by atoms with Gasteiger partial charge < -0.3 is 4.74 Å². The van der Waals surface area contributed by atoms with Gasteiger partial charge in [0.2, 0.25) is 0 Å². The van der Waals surface area contributed by atoms with E-state index in [0.29, 0.717) is 5.56 Å². The normalized spacial score (nSPS) is 13.9. The molecule has 1 nitrogen and oxygen atoms in total. The molecule has 0 amide bonds. The van der Waals surface area contributed by atoms with E-state index in [2.05, 4.69) is 4.74 Å². The van der Waals surface area contributed by atoms with E-state index >= 15 is 0 Å². The molecule has 1 aromatic carbocycles. The van der Waals surface area contributed by atoms with E-state index in [0.717, 1.165) is 12.7 Å². The summed E-state index contributed by atoms with van der Waals surface area (Å²) in [7, 11) is 1.08. The number of hydrogen-bond acceptors (Lipinski definition) is 1. The fourth-order valence-electron chi connectivity index (χ4n) is 1.27. The summed E-state index contributed by atoms with van der Waals surface area (Å²) >= 11 is 0. The van der Waals surface area contributed by atoms with Gasteiger partial charge in [-0.2, -0.15) is 13.2 Å². The molecule has 0 fully saturated rings. The maximum absolute atomic E-state index is 12.4. The van der Waals surface area contributed by atoms with Crippen molar-refractivity contribution in [1.82, 2.24) is 0 Å². The lowest BCUT2D eigenvalue weighted by Crippen LogP contribution is -2.32. The molecule has 0 saturated heterocycles. The molecule has 0 spiro atoms. The summed E-state index contributed by atoms with van der Waals surface area (Å²) in [5, 5.41) is 0. The number of aryl methyl sites for hydroxylation is 1. The first kappa shape index (κ1) is 12.0. The molecule has 1 atom stereocenters. The lowest BCUT2D eigenvalue weighted by Gasteiger charge is -2.18. The van der Waals surface area contributed by atoms with Crippen molar-refractivity contribution in [3.63, 3.8) is 0 Å². The van der Waals surface area contributed by atoms with E-state index in [1.54, 1.807) is 24.3 Å². The zero-order valence-corrected chi connectivity index (χ0v) is 8.64. The first-order valence-electron chi connectivity index (χ1n) is 4.58. The molecule has 15 heavy (non-hydrogen) atoms. The molecule has 4 heteroatoms. The van der Waals surface area contributed by atoms with Crippen LogP contribution in [0, 0.1) is 6.92 Å². The quantitative estimate of drug-likeness (QED) is 0.757. The second-order valence-corrected chi connectivity index (χ2v) is 3.46. The molecule has 0 N–H and O–H groups in total. The average Bonchev–Trinajstić information content (AvgIpc) is 2.15. The van der Waals surface area contributed by atoms with E-state index in [9.17, 15) is 13.2 Å². The van der Waals surface area contributed by atoms with E-state index in [-0.39, 0.29) is 6.42 Å². The van der Waals surface area contributed by atoms with Crippen LogP contribution in [-0.4, -0.2) is 19.4 Å². The Bertz CT molecular complexity index is 303. The molecule has 0 aliphatic heterocycles. The second-order valence-electron chi connectivity index (χ2n) is 3.46. The van der Waals surface area contributed by atoms with Gasteiger partial charge in [-0.1, -0.05) is 29.8 Å². The minimum absolute atomic E-state index is 0.139. The Kier molecular flexibility index (Phi) is 3.74. The Morgan fingerprint density at radius 3 is 2.13 bits per heavy atom. The Balaban J connectivity index is 2.71. The highest BCUT2D eigenvalue weighted by molar-refractivity contribution is 5.22. The number of methoxy groups -OCH3 is 1. The van der Waals surface area contributed by atoms with Crippen molar-refractivity contribution in [3.8, 4) is 0 Å². The van der Waals surface area contributed by atoms with Crippen LogP contribution < -0.4 is 0 Å². The summed E-state index contributed by atoms with van der Waals surface area (Å²) in [5.74, 6) is 0. The molecule has 1 unspecified atom stereocenters. The van der Waals surface area contributed by atoms with E-state index in [1.807, 2.05) is 6.92 Å². The van der Waals surface area contributed by atoms with Gasteiger partial charge in [-0.05, 0) is 12.5 Å². The highest BCUT2D eigenvalue weighted by Gasteiger charge is 2.39. The summed E-state index contributed by atoms with van der Waals surface area (Å²) in [6.45, 7) is 1.89. The van der Waals surface area contributed by atoms with E-state index in [4.69, 9.17) is 0 Å². The third-order valence-electron chi connectivity index (χ3n) is 2.19. The lowest BCUT2D eigenvalue weighted by molar-refractivity contribution is -0.212. The summed E-state index contributed by atoms with van der Waals surface area (Å²) in [6.07, 6.45) is -6.17. The number of halogens is 3. The summed E-state index contributed by atoms with van der Waals surface area (Å²) in [6, 6.07) is 6.96. The first-order chi connectivity index (χ1) is 6.93. The van der Waals surface area contributed by atoms with Crippen LogP contribution in [0.15, 0.2) is 24.3 Å². The van der Waals surface area contributed by atoms with Gasteiger partial charge in [-0.15, -0.1) is 0 Å². The Morgan fingerprint density at radius 1 is 1.20 bits per heavy atom. The summed E-state index contributed by atoms with van der Waals surface area (Å²) < 4.78 is 41.5. The Hall–Kier alpha value is -1.03. The third kappa shape index (κ3) is 3.55. The zero-order chi connectivity index (χ0) is 11.5. The van der Waals surface area contributed by atoms with Crippen LogP contribution in [0.2, 0.25) is 0 Å². The molecule has 0 radical (unpaired) electrons. The smallest absolute Gasteiger partial charge is 0.372 e. The van der Waals surface area contributed by atoms with Crippen LogP contribution in [0.4, 0.5) is 13.2 Å². The fourth-order valence-corrected chi connectivity index (χ4v) is 1.27. The predicted octanol–water partition coefficient (Wildman–Crippen LogP) is 3.11. The number of rotatable bonds is 3. The Morgan fingerprint density at radius 2 is 1.73 bits per heavy atom. The zero-order valence-electron chi connectivity index (χ0n) is 8.64. The number of ether oxygens (including phenoxy) is 1. The topological polar surface area (TPSA) is 9.23 Å². The fraction of sp³-hybridized carbons (Fsp3) is 0.455. The molecule has 1 aromatic rings.